The van der Waals surface area contributed by atoms with Crippen molar-refractivity contribution in [2.24, 2.45) is 0 Å². The summed E-state index contributed by atoms with van der Waals surface area (Å²) in [6.07, 6.45) is 3.22. The van der Waals surface area contributed by atoms with E-state index in [9.17, 15) is 4.79 Å². The molecule has 41 valence electrons. The van der Waals surface area contributed by atoms with E-state index in [2.05, 4.69) is 9.72 Å². The zero-order chi connectivity index (χ0) is 5.82. The van der Waals surface area contributed by atoms with Crippen LogP contribution in [0.1, 0.15) is 0 Å². The summed E-state index contributed by atoms with van der Waals surface area (Å²) >= 11 is 0. The predicted molar refractivity (Wildman–Crippen MR) is 27.1 cm³/mol. The van der Waals surface area contributed by atoms with Crippen molar-refractivity contribution in [3.63, 3.8) is 0 Å². The minimum absolute atomic E-state index is 0.486. The number of hydrogen-bond donors (Lipinski definition) is 1. The van der Waals surface area contributed by atoms with Crippen LogP contribution in [0.2, 0.25) is 0 Å². The molecule has 0 saturated carbocycles. The highest BCUT2D eigenvalue weighted by Crippen LogP contribution is 2.04. The molecular weight excluding hydrogens is 106 g/mol. The van der Waals surface area contributed by atoms with Crippen LogP contribution in [0, 0.1) is 0 Å². The van der Waals surface area contributed by atoms with E-state index in [1.54, 1.807) is 18.5 Å². The second kappa shape index (κ2) is 2.16. The van der Waals surface area contributed by atoms with Gasteiger partial charge in [-0.3, -0.25) is 0 Å². The summed E-state index contributed by atoms with van der Waals surface area (Å²) in [5.41, 5.74) is 0. The molecule has 0 aliphatic carbocycles. The quantitative estimate of drug-likeness (QED) is 0.601. The molecule has 3 heteroatoms. The maximum absolute atomic E-state index is 9.51. The van der Waals surface area contributed by atoms with Crippen LogP contribution in [0.3, 0.4) is 0 Å². The molecule has 1 N–H and O–H groups in total. The van der Waals surface area contributed by atoms with Crippen molar-refractivity contribution in [2.45, 2.75) is 0 Å². The summed E-state index contributed by atoms with van der Waals surface area (Å²) in [5, 5.41) is 0. The smallest absolute Gasteiger partial charge is 0.416 e. The largest absolute Gasteiger partial charge is 0.423 e. The van der Waals surface area contributed by atoms with Crippen molar-refractivity contribution in [3.05, 3.63) is 18.5 Å². The van der Waals surface area contributed by atoms with E-state index in [1.165, 1.54) is 6.47 Å². The Kier molecular flexibility index (Phi) is 1.32. The molecule has 0 saturated heterocycles. The Balaban J connectivity index is 2.62. The van der Waals surface area contributed by atoms with Gasteiger partial charge in [0.1, 0.15) is 5.75 Å². The van der Waals surface area contributed by atoms with Crippen LogP contribution in [0.15, 0.2) is 18.5 Å². The standard InChI is InChI=1S/C5H4NO2/c7-4-8-5-1-2-6-3-5/h1-3,6H. The van der Waals surface area contributed by atoms with Gasteiger partial charge in [0.05, 0.1) is 0 Å². The van der Waals surface area contributed by atoms with Gasteiger partial charge >= 0.3 is 6.47 Å². The van der Waals surface area contributed by atoms with Gasteiger partial charge in [-0.05, 0) is 6.07 Å². The zero-order valence-electron chi connectivity index (χ0n) is 4.05. The SMILES string of the molecule is O=[C]Oc1cc[nH]c1. The van der Waals surface area contributed by atoms with Gasteiger partial charge < -0.3 is 9.72 Å². The van der Waals surface area contributed by atoms with Crippen molar-refractivity contribution >= 4 is 6.47 Å². The van der Waals surface area contributed by atoms with Gasteiger partial charge in [-0.15, -0.1) is 0 Å². The van der Waals surface area contributed by atoms with E-state index in [0.29, 0.717) is 5.75 Å². The highest BCUT2D eigenvalue weighted by molar-refractivity contribution is 5.44. The van der Waals surface area contributed by atoms with Gasteiger partial charge in [-0.2, -0.15) is 0 Å². The van der Waals surface area contributed by atoms with Gasteiger partial charge in [0.2, 0.25) is 0 Å². The van der Waals surface area contributed by atoms with Crippen LogP contribution in [-0.2, 0) is 4.79 Å². The molecule has 0 unspecified atom stereocenters. The van der Waals surface area contributed by atoms with Crippen molar-refractivity contribution in [1.29, 1.82) is 0 Å². The number of H-pyrrole nitrogens is 1. The number of aromatic amines is 1. The molecule has 0 aromatic carbocycles. The molecule has 0 atom stereocenters. The van der Waals surface area contributed by atoms with Crippen LogP contribution < -0.4 is 4.74 Å². The molecule has 0 aliphatic heterocycles. The second-order valence-corrected chi connectivity index (χ2v) is 1.23. The van der Waals surface area contributed by atoms with E-state index < -0.39 is 0 Å². The minimum Gasteiger partial charge on any atom is -0.416 e. The van der Waals surface area contributed by atoms with E-state index in [-0.39, 0.29) is 0 Å². The maximum atomic E-state index is 9.51. The summed E-state index contributed by atoms with van der Waals surface area (Å²) in [6.45, 7) is 1.30. The van der Waals surface area contributed by atoms with Gasteiger partial charge in [0.15, 0.2) is 0 Å². The molecule has 1 aromatic heterocycles. The average Bonchev–Trinajstić information content (AvgIpc) is 2.19. The highest BCUT2D eigenvalue weighted by Gasteiger charge is 1.87. The van der Waals surface area contributed by atoms with Crippen LogP contribution in [0.4, 0.5) is 0 Å². The van der Waals surface area contributed by atoms with Crippen molar-refractivity contribution in [1.82, 2.24) is 4.98 Å². The second-order valence-electron chi connectivity index (χ2n) is 1.23. The number of nitrogens with one attached hydrogen (secondary N) is 1. The Morgan fingerprint density at radius 1 is 1.75 bits per heavy atom. The fraction of sp³-hybridized carbons (Fsp3) is 0. The topological polar surface area (TPSA) is 42.1 Å². The molecule has 1 aromatic rings. The average molecular weight is 110 g/mol. The maximum Gasteiger partial charge on any atom is 0.423 e. The van der Waals surface area contributed by atoms with Gasteiger partial charge in [-0.25, -0.2) is 4.79 Å². The first-order chi connectivity index (χ1) is 3.93. The zero-order valence-corrected chi connectivity index (χ0v) is 4.05. The molecule has 0 aliphatic rings. The van der Waals surface area contributed by atoms with Crippen molar-refractivity contribution in [2.75, 3.05) is 0 Å². The highest BCUT2D eigenvalue weighted by atomic mass is 16.5. The number of carbonyl (C=O) groups excluding carboxylic acids is 1. The Labute approximate surface area is 46.3 Å². The van der Waals surface area contributed by atoms with Crippen LogP contribution in [0.5, 0.6) is 5.75 Å². The summed E-state index contributed by atoms with van der Waals surface area (Å²) in [7, 11) is 0. The molecule has 0 spiro atoms. The van der Waals surface area contributed by atoms with E-state index >= 15 is 0 Å². The molecule has 1 rings (SSSR count). The monoisotopic (exact) mass is 110 g/mol. The first-order valence-electron chi connectivity index (χ1n) is 2.10. The summed E-state index contributed by atoms with van der Waals surface area (Å²) in [5.74, 6) is 0.486. The summed E-state index contributed by atoms with van der Waals surface area (Å²) < 4.78 is 4.31. The summed E-state index contributed by atoms with van der Waals surface area (Å²) in [4.78, 5) is 12.2. The number of rotatable bonds is 2. The predicted octanol–water partition coefficient (Wildman–Crippen LogP) is 0.461. The molecule has 8 heavy (non-hydrogen) atoms. The molecular formula is C5H4NO2. The number of ether oxygens (including phenoxy) is 1. The fourth-order valence-electron chi connectivity index (χ4n) is 0.420. The third-order valence-electron chi connectivity index (χ3n) is 0.729. The lowest BCUT2D eigenvalue weighted by atomic mass is 10.6. The van der Waals surface area contributed by atoms with Crippen LogP contribution in [0.25, 0.3) is 0 Å². The Bertz CT molecular complexity index is 157. The minimum atomic E-state index is 0.486. The van der Waals surface area contributed by atoms with Gasteiger partial charge in [-0.1, -0.05) is 0 Å². The molecule has 1 heterocycles. The van der Waals surface area contributed by atoms with Crippen LogP contribution >= 0.6 is 0 Å². The molecule has 1 radical (unpaired) electrons. The first-order valence-corrected chi connectivity index (χ1v) is 2.10. The molecule has 0 amide bonds. The van der Waals surface area contributed by atoms with Crippen molar-refractivity contribution in [3.8, 4) is 5.75 Å². The Morgan fingerprint density at radius 3 is 3.12 bits per heavy atom. The lowest BCUT2D eigenvalue weighted by Crippen LogP contribution is -1.83. The van der Waals surface area contributed by atoms with E-state index in [1.807, 2.05) is 0 Å². The lowest BCUT2D eigenvalue weighted by Gasteiger charge is -1.82. The molecule has 3 nitrogen and oxygen atoms in total. The Morgan fingerprint density at radius 2 is 2.62 bits per heavy atom. The normalized spacial score (nSPS) is 8.50. The third-order valence-corrected chi connectivity index (χ3v) is 0.729. The molecule has 0 fully saturated rings. The molecule has 0 bridgehead atoms. The Hall–Kier alpha value is -1.25. The lowest BCUT2D eigenvalue weighted by molar-refractivity contribution is 0.443. The fourth-order valence-corrected chi connectivity index (χ4v) is 0.420. The van der Waals surface area contributed by atoms with Crippen molar-refractivity contribution < 1.29 is 9.53 Å². The summed E-state index contributed by atoms with van der Waals surface area (Å²) in [6, 6.07) is 1.63. The third kappa shape index (κ3) is 0.872. The number of hydrogen-bond acceptors (Lipinski definition) is 2. The first kappa shape index (κ1) is 4.90. The van der Waals surface area contributed by atoms with Crippen LogP contribution in [-0.4, -0.2) is 11.5 Å². The number of aromatic nitrogens is 1. The van der Waals surface area contributed by atoms with Gasteiger partial charge in [0.25, 0.3) is 0 Å². The van der Waals surface area contributed by atoms with E-state index in [4.69, 9.17) is 0 Å². The van der Waals surface area contributed by atoms with Gasteiger partial charge in [0, 0.05) is 12.4 Å². The van der Waals surface area contributed by atoms with E-state index in [0.717, 1.165) is 0 Å².